The molecule has 31 heavy (non-hydrogen) atoms. The van der Waals surface area contributed by atoms with Crippen LogP contribution in [0.15, 0.2) is 41.3 Å². The molecule has 0 spiro atoms. The number of hydrogen-bond donors (Lipinski definition) is 1. The van der Waals surface area contributed by atoms with Crippen molar-refractivity contribution in [2.24, 2.45) is 0 Å². The number of carbonyl (C=O) groups is 1. The van der Waals surface area contributed by atoms with Crippen LogP contribution in [0.25, 0.3) is 0 Å². The smallest absolute Gasteiger partial charge is 0.255 e. The fourth-order valence-corrected chi connectivity index (χ4v) is 5.85. The molecule has 1 aliphatic rings. The molecular weight excluding hydrogens is 436 g/mol. The molecule has 1 fully saturated rings. The summed E-state index contributed by atoms with van der Waals surface area (Å²) in [4.78, 5) is 13.1. The van der Waals surface area contributed by atoms with Crippen LogP contribution in [0, 0.1) is 0 Å². The fraction of sp³-hybridized carbons (Fsp3) is 0.435. The molecule has 2 unspecified atom stereocenters. The van der Waals surface area contributed by atoms with E-state index < -0.39 is 10.0 Å². The second kappa shape index (κ2) is 9.69. The van der Waals surface area contributed by atoms with Crippen LogP contribution in [0.3, 0.4) is 0 Å². The SMILES string of the molecule is CCc1ccc(Cl)c(CC)c1NC(=O)c1cccc(S(=O)(=O)N2CC(C)OC(C)C2)c1. The number of halogens is 1. The minimum absolute atomic E-state index is 0.0963. The molecule has 0 bridgehead atoms. The first-order valence-corrected chi connectivity index (χ1v) is 12.4. The van der Waals surface area contributed by atoms with Gasteiger partial charge in [0.05, 0.1) is 17.1 Å². The molecule has 0 saturated carbocycles. The van der Waals surface area contributed by atoms with E-state index in [2.05, 4.69) is 5.32 Å². The molecule has 1 amide bonds. The van der Waals surface area contributed by atoms with E-state index in [1.807, 2.05) is 39.8 Å². The molecule has 0 aliphatic carbocycles. The molecule has 2 atom stereocenters. The van der Waals surface area contributed by atoms with Crippen molar-refractivity contribution in [1.82, 2.24) is 4.31 Å². The predicted octanol–water partition coefficient (Wildman–Crippen LogP) is 4.52. The van der Waals surface area contributed by atoms with E-state index in [0.29, 0.717) is 17.1 Å². The Kier molecular flexibility index (Phi) is 7.42. The number of anilines is 1. The molecule has 168 valence electrons. The van der Waals surface area contributed by atoms with Crippen LogP contribution < -0.4 is 5.32 Å². The van der Waals surface area contributed by atoms with Crippen molar-refractivity contribution in [2.45, 2.75) is 57.6 Å². The average molecular weight is 465 g/mol. The van der Waals surface area contributed by atoms with Crippen LogP contribution in [-0.4, -0.2) is 43.9 Å². The van der Waals surface area contributed by atoms with Crippen molar-refractivity contribution in [3.63, 3.8) is 0 Å². The van der Waals surface area contributed by atoms with Crippen molar-refractivity contribution in [3.05, 3.63) is 58.1 Å². The number of nitrogens with zero attached hydrogens (tertiary/aromatic N) is 1. The summed E-state index contributed by atoms with van der Waals surface area (Å²) >= 11 is 6.34. The van der Waals surface area contributed by atoms with Gasteiger partial charge in [-0.2, -0.15) is 4.31 Å². The largest absolute Gasteiger partial charge is 0.373 e. The highest BCUT2D eigenvalue weighted by Crippen LogP contribution is 2.30. The molecule has 1 N–H and O–H groups in total. The van der Waals surface area contributed by atoms with Crippen LogP contribution in [0.4, 0.5) is 5.69 Å². The summed E-state index contributed by atoms with van der Waals surface area (Å²) in [6.07, 6.45) is 1.03. The molecule has 0 radical (unpaired) electrons. The van der Waals surface area contributed by atoms with Gasteiger partial charge in [0, 0.05) is 29.4 Å². The molecule has 1 heterocycles. The van der Waals surface area contributed by atoms with Crippen LogP contribution in [0.5, 0.6) is 0 Å². The minimum atomic E-state index is -3.74. The standard InChI is InChI=1S/C23H29ClN2O4S/c1-5-17-10-11-21(24)20(6-2)22(17)25-23(27)18-8-7-9-19(12-18)31(28,29)26-13-15(3)30-16(4)14-26/h7-12,15-16H,5-6,13-14H2,1-4H3,(H,25,27). The van der Waals surface area contributed by atoms with Crippen LogP contribution in [-0.2, 0) is 27.6 Å². The van der Waals surface area contributed by atoms with Crippen molar-refractivity contribution in [3.8, 4) is 0 Å². The number of rotatable bonds is 6. The number of hydrogen-bond acceptors (Lipinski definition) is 4. The maximum Gasteiger partial charge on any atom is 0.255 e. The monoisotopic (exact) mass is 464 g/mol. The lowest BCUT2D eigenvalue weighted by molar-refractivity contribution is -0.0440. The Morgan fingerprint density at radius 2 is 1.81 bits per heavy atom. The summed E-state index contributed by atoms with van der Waals surface area (Å²) in [5, 5.41) is 3.56. The second-order valence-corrected chi connectivity index (χ2v) is 10.2. The number of benzene rings is 2. The molecule has 6 nitrogen and oxygen atoms in total. The molecule has 1 aliphatic heterocycles. The fourth-order valence-electron chi connectivity index (χ4n) is 3.93. The van der Waals surface area contributed by atoms with Gasteiger partial charge in [0.2, 0.25) is 10.0 Å². The number of ether oxygens (including phenoxy) is 1. The molecule has 2 aromatic carbocycles. The van der Waals surface area contributed by atoms with Gasteiger partial charge in [-0.15, -0.1) is 0 Å². The van der Waals surface area contributed by atoms with E-state index in [9.17, 15) is 13.2 Å². The average Bonchev–Trinajstić information content (AvgIpc) is 2.73. The topological polar surface area (TPSA) is 75.7 Å². The number of morpholine rings is 1. The zero-order valence-electron chi connectivity index (χ0n) is 18.3. The Labute approximate surface area is 189 Å². The Morgan fingerprint density at radius 1 is 1.13 bits per heavy atom. The second-order valence-electron chi connectivity index (χ2n) is 7.83. The number of amides is 1. The van der Waals surface area contributed by atoms with E-state index in [4.69, 9.17) is 16.3 Å². The lowest BCUT2D eigenvalue weighted by Gasteiger charge is -2.34. The summed E-state index contributed by atoms with van der Waals surface area (Å²) in [5.41, 5.74) is 2.83. The zero-order valence-corrected chi connectivity index (χ0v) is 19.9. The van der Waals surface area contributed by atoms with Crippen LogP contribution in [0.1, 0.15) is 49.2 Å². The number of sulfonamides is 1. The summed E-state index contributed by atoms with van der Waals surface area (Å²) < 4.78 is 33.4. The first-order valence-electron chi connectivity index (χ1n) is 10.5. The summed E-state index contributed by atoms with van der Waals surface area (Å²) in [5.74, 6) is -0.368. The number of aryl methyl sites for hydroxylation is 1. The van der Waals surface area contributed by atoms with Crippen LogP contribution in [0.2, 0.25) is 5.02 Å². The Balaban J connectivity index is 1.90. The highest BCUT2D eigenvalue weighted by Gasteiger charge is 2.32. The first-order chi connectivity index (χ1) is 14.7. The van der Waals surface area contributed by atoms with E-state index >= 15 is 0 Å². The Morgan fingerprint density at radius 3 is 2.42 bits per heavy atom. The molecule has 2 aromatic rings. The van der Waals surface area contributed by atoms with Gasteiger partial charge in [-0.3, -0.25) is 4.79 Å². The third kappa shape index (κ3) is 5.12. The molecular formula is C23H29ClN2O4S. The van der Waals surface area contributed by atoms with Crippen molar-refractivity contribution in [1.29, 1.82) is 0 Å². The summed E-state index contributed by atoms with van der Waals surface area (Å²) in [6.45, 7) is 8.26. The minimum Gasteiger partial charge on any atom is -0.373 e. The first kappa shape index (κ1) is 23.7. The highest BCUT2D eigenvalue weighted by atomic mass is 35.5. The van der Waals surface area contributed by atoms with Gasteiger partial charge < -0.3 is 10.1 Å². The van der Waals surface area contributed by atoms with Crippen LogP contribution >= 0.6 is 11.6 Å². The third-order valence-corrected chi connectivity index (χ3v) is 7.62. The van der Waals surface area contributed by atoms with Gasteiger partial charge >= 0.3 is 0 Å². The molecule has 1 saturated heterocycles. The quantitative estimate of drug-likeness (QED) is 0.682. The van der Waals surface area contributed by atoms with Crippen molar-refractivity contribution >= 4 is 33.2 Å². The molecule has 3 rings (SSSR count). The summed E-state index contributed by atoms with van der Waals surface area (Å²) in [7, 11) is -3.74. The van der Waals surface area contributed by atoms with E-state index in [1.165, 1.54) is 16.4 Å². The lowest BCUT2D eigenvalue weighted by atomic mass is 10.0. The Hall–Kier alpha value is -1.93. The predicted molar refractivity (Wildman–Crippen MR) is 123 cm³/mol. The normalized spacial score (nSPS) is 19.9. The van der Waals surface area contributed by atoms with E-state index in [-0.39, 0.29) is 41.7 Å². The van der Waals surface area contributed by atoms with Crippen molar-refractivity contribution in [2.75, 3.05) is 18.4 Å². The lowest BCUT2D eigenvalue weighted by Crippen LogP contribution is -2.48. The van der Waals surface area contributed by atoms with Gasteiger partial charge in [-0.1, -0.05) is 37.6 Å². The third-order valence-electron chi connectivity index (χ3n) is 5.44. The van der Waals surface area contributed by atoms with E-state index in [1.54, 1.807) is 12.1 Å². The zero-order chi connectivity index (χ0) is 22.8. The Bertz CT molecular complexity index is 1060. The van der Waals surface area contributed by atoms with Gasteiger partial charge in [0.1, 0.15) is 0 Å². The number of carbonyl (C=O) groups excluding carboxylic acids is 1. The summed E-state index contributed by atoms with van der Waals surface area (Å²) in [6, 6.07) is 9.89. The highest BCUT2D eigenvalue weighted by molar-refractivity contribution is 7.89. The van der Waals surface area contributed by atoms with Gasteiger partial charge in [-0.05, 0) is 62.1 Å². The van der Waals surface area contributed by atoms with E-state index in [0.717, 1.165) is 17.5 Å². The van der Waals surface area contributed by atoms with Crippen molar-refractivity contribution < 1.29 is 17.9 Å². The van der Waals surface area contributed by atoms with Gasteiger partial charge in [0.25, 0.3) is 5.91 Å². The van der Waals surface area contributed by atoms with Gasteiger partial charge in [0.15, 0.2) is 0 Å². The number of nitrogens with one attached hydrogen (secondary N) is 1. The maximum absolute atomic E-state index is 13.2. The molecule has 8 heteroatoms. The van der Waals surface area contributed by atoms with Gasteiger partial charge in [-0.25, -0.2) is 8.42 Å². The molecule has 0 aromatic heterocycles. The maximum atomic E-state index is 13.2.